The Balaban J connectivity index is 1.36. The fourth-order valence-corrected chi connectivity index (χ4v) is 7.46. The minimum atomic E-state index is -1.51. The Morgan fingerprint density at radius 2 is 1.82 bits per heavy atom. The number of benzene rings is 1. The van der Waals surface area contributed by atoms with Gasteiger partial charge in [0.05, 0.1) is 10.8 Å². The predicted molar refractivity (Wildman–Crippen MR) is 147 cm³/mol. The average molecular weight is 630 g/mol. The number of thioether (sulfide) groups is 3. The molecule has 0 spiro atoms. The van der Waals surface area contributed by atoms with E-state index >= 15 is 0 Å². The van der Waals surface area contributed by atoms with E-state index in [9.17, 15) is 29.1 Å². The van der Waals surface area contributed by atoms with Crippen LogP contribution in [0.4, 0.5) is 0 Å². The highest BCUT2D eigenvalue weighted by Gasteiger charge is 2.54. The van der Waals surface area contributed by atoms with Gasteiger partial charge in [-0.05, 0) is 23.8 Å². The maximum Gasteiger partial charge on any atom is 0.379 e. The van der Waals surface area contributed by atoms with Crippen molar-refractivity contribution in [1.82, 2.24) is 10.2 Å². The number of hydrogen-bond donors (Lipinski definition) is 3. The summed E-state index contributed by atoms with van der Waals surface area (Å²) in [6, 6.07) is 7.46. The van der Waals surface area contributed by atoms with Crippen LogP contribution in [0.2, 0.25) is 10.0 Å². The number of Topliss-reactive ketones (excluding diaryl/α,β-unsaturated/α-hetero) is 1. The third kappa shape index (κ3) is 6.90. The van der Waals surface area contributed by atoms with Crippen LogP contribution in [0.1, 0.15) is 0 Å². The molecular formula is C24H20Cl2N3O7S3+. The van der Waals surface area contributed by atoms with E-state index in [4.69, 9.17) is 28.3 Å². The summed E-state index contributed by atoms with van der Waals surface area (Å²) < 4.78 is 1.43. The molecule has 204 valence electrons. The first kappa shape index (κ1) is 29.3. The molecule has 1 saturated heterocycles. The molecule has 0 radical (unpaired) electrons. The van der Waals surface area contributed by atoms with Crippen molar-refractivity contribution >= 4 is 88.0 Å². The molecule has 0 bridgehead atoms. The van der Waals surface area contributed by atoms with Crippen molar-refractivity contribution < 1.29 is 38.8 Å². The molecule has 2 atom stereocenters. The van der Waals surface area contributed by atoms with Crippen LogP contribution in [0.15, 0.2) is 63.8 Å². The van der Waals surface area contributed by atoms with Crippen LogP contribution in [-0.4, -0.2) is 73.3 Å². The Bertz CT molecular complexity index is 1390. The molecule has 4 rings (SSSR count). The molecule has 2 aromatic rings. The number of carbonyl (C=O) groups excluding carboxylic acids is 3. The number of ketones is 1. The first-order valence-electron chi connectivity index (χ1n) is 11.2. The fraction of sp³-hybridized carbons (Fsp3) is 0.250. The zero-order valence-electron chi connectivity index (χ0n) is 19.8. The van der Waals surface area contributed by atoms with Crippen LogP contribution in [0.25, 0.3) is 0 Å². The molecule has 1 aromatic heterocycles. The monoisotopic (exact) mass is 628 g/mol. The second-order valence-electron chi connectivity index (χ2n) is 8.30. The molecule has 2 aliphatic heterocycles. The summed E-state index contributed by atoms with van der Waals surface area (Å²) in [6.45, 7) is -0.297. The number of carbonyl (C=O) groups is 5. The van der Waals surface area contributed by atoms with E-state index in [2.05, 4.69) is 5.32 Å². The van der Waals surface area contributed by atoms with Gasteiger partial charge in [-0.15, -0.1) is 35.3 Å². The first-order chi connectivity index (χ1) is 18.5. The maximum absolute atomic E-state index is 12.9. The number of carboxylic acid groups (broad SMARTS) is 2. The lowest BCUT2D eigenvalue weighted by molar-refractivity contribution is -0.684. The van der Waals surface area contributed by atoms with E-state index in [0.29, 0.717) is 32.0 Å². The van der Waals surface area contributed by atoms with Crippen LogP contribution in [0.3, 0.4) is 0 Å². The standard InChI is InChI=1S/C24H19Cl2N3O7S3/c25-13-1-2-15(26)17(7-13)38-11-18(31)27-19-21(32)29-20(24(35)36)12(10-39-22(19)29)9-37-14-3-5-28(6-4-14)8-16(30)23(33)34/h1-7,19,22H,8-11H2,(H2-,27,31,33,34,35,36)/p+1/t19-,22+/m0/s1. The van der Waals surface area contributed by atoms with Gasteiger partial charge in [-0.2, -0.15) is 4.57 Å². The summed E-state index contributed by atoms with van der Waals surface area (Å²) in [4.78, 5) is 62.2. The molecule has 0 unspecified atom stereocenters. The summed E-state index contributed by atoms with van der Waals surface area (Å²) in [7, 11) is 0. The quantitative estimate of drug-likeness (QED) is 0.147. The average Bonchev–Trinajstić information content (AvgIpc) is 2.91. The molecule has 10 nitrogen and oxygen atoms in total. The predicted octanol–water partition coefficient (Wildman–Crippen LogP) is 2.56. The summed E-state index contributed by atoms with van der Waals surface area (Å²) in [6.07, 6.45) is 3.12. The SMILES string of the molecule is O=C(CSc1cc(Cl)ccc1Cl)N[C@H]1C(=O)N2C(C(=O)O)=C(CSc3cc[n+](CC(=O)C(=O)O)cc3)CS[C@H]12. The Morgan fingerprint density at radius 1 is 1.10 bits per heavy atom. The lowest BCUT2D eigenvalue weighted by atomic mass is 10.0. The number of β-lactam (4-membered cyclic amide) rings is 1. The normalized spacial score (nSPS) is 18.3. The minimum Gasteiger partial charge on any atom is -0.477 e. The molecular weight excluding hydrogens is 609 g/mol. The molecule has 0 aliphatic carbocycles. The summed E-state index contributed by atoms with van der Waals surface area (Å²) >= 11 is 16.0. The third-order valence-corrected chi connectivity index (χ3v) is 9.83. The van der Waals surface area contributed by atoms with E-state index in [1.807, 2.05) is 0 Å². The Hall–Kier alpha value is -2.71. The number of fused-ring (bicyclic) bond motifs is 1. The number of halogens is 2. The van der Waals surface area contributed by atoms with Crippen LogP contribution in [-0.2, 0) is 30.5 Å². The van der Waals surface area contributed by atoms with Gasteiger partial charge in [0.15, 0.2) is 12.4 Å². The second-order valence-corrected chi connectivity index (χ2v) is 12.3. The molecule has 0 saturated carbocycles. The fourth-order valence-electron chi connectivity index (χ4n) is 3.79. The van der Waals surface area contributed by atoms with Crippen molar-refractivity contribution in [3.8, 4) is 0 Å². The summed E-state index contributed by atoms with van der Waals surface area (Å²) in [5.41, 5.74) is 0.482. The number of aromatic nitrogens is 1. The number of rotatable bonds is 11. The Labute approximate surface area is 245 Å². The largest absolute Gasteiger partial charge is 0.477 e. The lowest BCUT2D eigenvalue weighted by Gasteiger charge is -2.49. The highest BCUT2D eigenvalue weighted by atomic mass is 35.5. The first-order valence-corrected chi connectivity index (χ1v) is 15.0. The molecule has 1 fully saturated rings. The highest BCUT2D eigenvalue weighted by Crippen LogP contribution is 2.41. The van der Waals surface area contributed by atoms with Gasteiger partial charge in [0.1, 0.15) is 17.1 Å². The van der Waals surface area contributed by atoms with Gasteiger partial charge in [0.2, 0.25) is 12.5 Å². The van der Waals surface area contributed by atoms with Crippen molar-refractivity contribution in [2.24, 2.45) is 0 Å². The molecule has 2 aliphatic rings. The minimum absolute atomic E-state index is 0.00624. The molecule has 39 heavy (non-hydrogen) atoms. The molecule has 3 heterocycles. The number of nitrogens with zero attached hydrogens (tertiary/aromatic N) is 2. The number of nitrogens with one attached hydrogen (secondary N) is 1. The van der Waals surface area contributed by atoms with Crippen molar-refractivity contribution in [1.29, 1.82) is 0 Å². The van der Waals surface area contributed by atoms with Gasteiger partial charge in [0.25, 0.3) is 5.91 Å². The van der Waals surface area contributed by atoms with Crippen LogP contribution >= 0.6 is 58.5 Å². The smallest absolute Gasteiger partial charge is 0.379 e. The molecule has 1 aromatic carbocycles. The Morgan fingerprint density at radius 3 is 2.49 bits per heavy atom. The topological polar surface area (TPSA) is 145 Å². The van der Waals surface area contributed by atoms with E-state index in [-0.39, 0.29) is 23.9 Å². The van der Waals surface area contributed by atoms with Crippen LogP contribution in [0, 0.1) is 0 Å². The van der Waals surface area contributed by atoms with Gasteiger partial charge < -0.3 is 15.5 Å². The second kappa shape index (κ2) is 12.6. The zero-order valence-corrected chi connectivity index (χ0v) is 23.8. The van der Waals surface area contributed by atoms with Crippen molar-refractivity contribution in [2.45, 2.75) is 27.8 Å². The number of pyridine rings is 1. The Kier molecular flexibility index (Phi) is 9.49. The number of aliphatic carboxylic acids is 2. The summed E-state index contributed by atoms with van der Waals surface area (Å²) in [5, 5.41) is 21.7. The van der Waals surface area contributed by atoms with Crippen molar-refractivity contribution in [3.05, 3.63) is 64.0 Å². The van der Waals surface area contributed by atoms with Gasteiger partial charge >= 0.3 is 17.7 Å². The maximum atomic E-state index is 12.9. The van der Waals surface area contributed by atoms with Gasteiger partial charge in [-0.25, -0.2) is 9.59 Å². The molecule has 15 heteroatoms. The number of carboxylic acids is 2. The van der Waals surface area contributed by atoms with Crippen LogP contribution < -0.4 is 9.88 Å². The molecule has 2 amide bonds. The number of hydrogen-bond acceptors (Lipinski definition) is 8. The van der Waals surface area contributed by atoms with E-state index < -0.39 is 35.0 Å². The summed E-state index contributed by atoms with van der Waals surface area (Å²) in [5.74, 6) is -3.88. The number of amides is 2. The van der Waals surface area contributed by atoms with E-state index in [1.165, 1.54) is 44.8 Å². The van der Waals surface area contributed by atoms with Gasteiger partial charge in [0, 0.05) is 38.5 Å². The lowest BCUT2D eigenvalue weighted by Crippen LogP contribution is -2.70. The van der Waals surface area contributed by atoms with Crippen LogP contribution in [0.5, 0.6) is 0 Å². The zero-order chi connectivity index (χ0) is 28.3. The molecule has 3 N–H and O–H groups in total. The highest BCUT2D eigenvalue weighted by molar-refractivity contribution is 8.01. The van der Waals surface area contributed by atoms with Crippen molar-refractivity contribution in [2.75, 3.05) is 17.3 Å². The van der Waals surface area contributed by atoms with E-state index in [0.717, 1.165) is 4.90 Å². The van der Waals surface area contributed by atoms with E-state index in [1.54, 1.807) is 42.7 Å². The van der Waals surface area contributed by atoms with Crippen molar-refractivity contribution in [3.63, 3.8) is 0 Å². The van der Waals surface area contributed by atoms with Gasteiger partial charge in [-0.1, -0.05) is 23.2 Å². The van der Waals surface area contributed by atoms with Gasteiger partial charge in [-0.3, -0.25) is 19.3 Å². The third-order valence-electron chi connectivity index (χ3n) is 5.66.